The lowest BCUT2D eigenvalue weighted by atomic mass is 9.77. The number of piperidine rings is 1. The zero-order valence-corrected chi connectivity index (χ0v) is 16.5. The summed E-state index contributed by atoms with van der Waals surface area (Å²) in [4.78, 5) is 21.1. The highest BCUT2D eigenvalue weighted by Gasteiger charge is 2.50. The fourth-order valence-corrected chi connectivity index (χ4v) is 3.77. The lowest BCUT2D eigenvalue weighted by molar-refractivity contribution is -0.185. The molecule has 1 saturated heterocycles. The van der Waals surface area contributed by atoms with E-state index in [0.717, 1.165) is 0 Å². The molecule has 10 heteroatoms. The van der Waals surface area contributed by atoms with Gasteiger partial charge in [-0.2, -0.15) is 18.4 Å². The highest BCUT2D eigenvalue weighted by molar-refractivity contribution is 5.87. The van der Waals surface area contributed by atoms with Gasteiger partial charge in [0.15, 0.2) is 0 Å². The Hall–Kier alpha value is -2.77. The van der Waals surface area contributed by atoms with E-state index in [9.17, 15) is 28.3 Å². The van der Waals surface area contributed by atoms with Gasteiger partial charge in [0.05, 0.1) is 22.5 Å². The molecule has 1 fully saturated rings. The number of carbonyl (C=O) groups excluding carboxylic acids is 1. The van der Waals surface area contributed by atoms with Crippen LogP contribution in [0, 0.1) is 23.2 Å². The summed E-state index contributed by atoms with van der Waals surface area (Å²) in [6, 6.07) is 4.95. The molecule has 160 valence electrons. The van der Waals surface area contributed by atoms with Gasteiger partial charge in [-0.05, 0) is 18.4 Å². The van der Waals surface area contributed by atoms with Crippen molar-refractivity contribution in [1.82, 2.24) is 20.6 Å². The molecule has 1 aromatic heterocycles. The molecule has 0 unspecified atom stereocenters. The molecule has 30 heavy (non-hydrogen) atoms. The van der Waals surface area contributed by atoms with E-state index in [4.69, 9.17) is 0 Å². The number of fused-ring (bicyclic) bond motifs is 1. The van der Waals surface area contributed by atoms with Crippen LogP contribution >= 0.6 is 0 Å². The SMILES string of the molecule is CC(C)[C@H](O)C(=O)N[C@]1(c2ccc(C#N)c3nccnc23)CNC[C@@H](C(F)(F)F)C1. The molecular formula is C20H22F3N5O2. The Morgan fingerprint density at radius 1 is 1.33 bits per heavy atom. The average Bonchev–Trinajstić information content (AvgIpc) is 2.71. The second-order valence-corrected chi connectivity index (χ2v) is 7.86. The van der Waals surface area contributed by atoms with Crippen LogP contribution in [-0.2, 0) is 10.3 Å². The normalized spacial score (nSPS) is 23.2. The maximum absolute atomic E-state index is 13.6. The van der Waals surface area contributed by atoms with Gasteiger partial charge in [-0.25, -0.2) is 0 Å². The average molecular weight is 421 g/mol. The molecule has 7 nitrogen and oxygen atoms in total. The zero-order valence-electron chi connectivity index (χ0n) is 16.5. The number of hydrogen-bond acceptors (Lipinski definition) is 6. The van der Waals surface area contributed by atoms with Crippen LogP contribution in [0.2, 0.25) is 0 Å². The summed E-state index contributed by atoms with van der Waals surface area (Å²) in [6.45, 7) is 3.00. The Morgan fingerprint density at radius 2 is 2.00 bits per heavy atom. The molecule has 0 saturated carbocycles. The number of nitriles is 1. The van der Waals surface area contributed by atoms with Crippen molar-refractivity contribution in [3.8, 4) is 6.07 Å². The molecule has 2 heterocycles. The van der Waals surface area contributed by atoms with Crippen molar-refractivity contribution in [2.24, 2.45) is 11.8 Å². The summed E-state index contributed by atoms with van der Waals surface area (Å²) in [5.74, 6) is -2.91. The minimum atomic E-state index is -4.48. The molecule has 3 rings (SSSR count). The summed E-state index contributed by atoms with van der Waals surface area (Å²) in [5.41, 5.74) is -0.476. The number of nitrogens with one attached hydrogen (secondary N) is 2. The summed E-state index contributed by atoms with van der Waals surface area (Å²) < 4.78 is 40.8. The first-order valence-electron chi connectivity index (χ1n) is 9.51. The third kappa shape index (κ3) is 4.08. The van der Waals surface area contributed by atoms with Gasteiger partial charge in [0, 0.05) is 31.0 Å². The smallest absolute Gasteiger partial charge is 0.383 e. The van der Waals surface area contributed by atoms with Crippen LogP contribution < -0.4 is 10.6 Å². The summed E-state index contributed by atoms with van der Waals surface area (Å²) in [5, 5.41) is 25.0. The lowest BCUT2D eigenvalue weighted by Gasteiger charge is -2.43. The molecule has 0 spiro atoms. The van der Waals surface area contributed by atoms with Crippen molar-refractivity contribution >= 4 is 16.9 Å². The maximum Gasteiger partial charge on any atom is 0.393 e. The molecule has 1 aliphatic heterocycles. The third-order valence-corrected chi connectivity index (χ3v) is 5.40. The second-order valence-electron chi connectivity index (χ2n) is 7.86. The van der Waals surface area contributed by atoms with E-state index in [1.807, 2.05) is 6.07 Å². The second kappa shape index (κ2) is 8.16. The molecule has 0 radical (unpaired) electrons. The first-order valence-corrected chi connectivity index (χ1v) is 9.51. The molecule has 3 N–H and O–H groups in total. The maximum atomic E-state index is 13.6. The van der Waals surface area contributed by atoms with E-state index < -0.39 is 42.0 Å². The summed E-state index contributed by atoms with van der Waals surface area (Å²) in [6.07, 6.45) is -3.53. The number of nitrogens with zero attached hydrogens (tertiary/aromatic N) is 3. The minimum absolute atomic E-state index is 0.00765. The Labute approximate surface area is 171 Å². The van der Waals surface area contributed by atoms with E-state index in [0.29, 0.717) is 5.56 Å². The van der Waals surface area contributed by atoms with Gasteiger partial charge in [-0.15, -0.1) is 0 Å². The molecule has 2 aromatic rings. The van der Waals surface area contributed by atoms with E-state index in [1.165, 1.54) is 24.5 Å². The quantitative estimate of drug-likeness (QED) is 0.697. The number of hydrogen-bond donors (Lipinski definition) is 3. The van der Waals surface area contributed by atoms with Crippen LogP contribution in [0.25, 0.3) is 11.0 Å². The lowest BCUT2D eigenvalue weighted by Crippen LogP contribution is -2.61. The van der Waals surface area contributed by atoms with Crippen LogP contribution in [0.5, 0.6) is 0 Å². The molecule has 1 aromatic carbocycles. The molecule has 3 atom stereocenters. The number of amides is 1. The van der Waals surface area contributed by atoms with Gasteiger partial charge < -0.3 is 15.7 Å². The molecule has 0 aliphatic carbocycles. The first-order chi connectivity index (χ1) is 14.1. The zero-order chi connectivity index (χ0) is 22.1. The Bertz CT molecular complexity index is 989. The largest absolute Gasteiger partial charge is 0.393 e. The van der Waals surface area contributed by atoms with E-state index >= 15 is 0 Å². The fraction of sp³-hybridized carbons (Fsp3) is 0.500. The highest BCUT2D eigenvalue weighted by atomic mass is 19.4. The van der Waals surface area contributed by atoms with E-state index in [1.54, 1.807) is 13.8 Å². The number of benzene rings is 1. The van der Waals surface area contributed by atoms with Gasteiger partial charge in [-0.1, -0.05) is 19.9 Å². The number of rotatable bonds is 4. The molecule has 0 bridgehead atoms. The van der Waals surface area contributed by atoms with Gasteiger partial charge in [-0.3, -0.25) is 14.8 Å². The number of halogens is 3. The third-order valence-electron chi connectivity index (χ3n) is 5.40. The Morgan fingerprint density at radius 3 is 2.60 bits per heavy atom. The molecule has 1 aliphatic rings. The monoisotopic (exact) mass is 421 g/mol. The predicted molar refractivity (Wildman–Crippen MR) is 102 cm³/mol. The van der Waals surface area contributed by atoms with Crippen molar-refractivity contribution in [1.29, 1.82) is 5.26 Å². The van der Waals surface area contributed by atoms with Crippen LogP contribution in [-0.4, -0.2) is 46.4 Å². The Balaban J connectivity index is 2.17. The summed E-state index contributed by atoms with van der Waals surface area (Å²) >= 11 is 0. The predicted octanol–water partition coefficient (Wildman–Crippen LogP) is 2.00. The van der Waals surface area contributed by atoms with Crippen LogP contribution in [0.15, 0.2) is 24.5 Å². The van der Waals surface area contributed by atoms with Crippen molar-refractivity contribution in [2.75, 3.05) is 13.1 Å². The number of alkyl halides is 3. The Kier molecular flexibility index (Phi) is 5.97. The number of carbonyl (C=O) groups is 1. The summed E-state index contributed by atoms with van der Waals surface area (Å²) in [7, 11) is 0. The van der Waals surface area contributed by atoms with Crippen molar-refractivity contribution in [3.63, 3.8) is 0 Å². The van der Waals surface area contributed by atoms with Gasteiger partial charge in [0.25, 0.3) is 0 Å². The van der Waals surface area contributed by atoms with Crippen molar-refractivity contribution in [2.45, 2.75) is 38.1 Å². The minimum Gasteiger partial charge on any atom is -0.383 e. The first kappa shape index (κ1) is 21.9. The van der Waals surface area contributed by atoms with Crippen molar-refractivity contribution < 1.29 is 23.1 Å². The van der Waals surface area contributed by atoms with E-state index in [-0.39, 0.29) is 29.7 Å². The fourth-order valence-electron chi connectivity index (χ4n) is 3.77. The van der Waals surface area contributed by atoms with Gasteiger partial charge in [0.2, 0.25) is 5.91 Å². The van der Waals surface area contributed by atoms with Crippen LogP contribution in [0.4, 0.5) is 13.2 Å². The van der Waals surface area contributed by atoms with E-state index in [2.05, 4.69) is 20.6 Å². The highest BCUT2D eigenvalue weighted by Crippen LogP contribution is 2.41. The topological polar surface area (TPSA) is 111 Å². The van der Waals surface area contributed by atoms with Gasteiger partial charge >= 0.3 is 6.18 Å². The van der Waals surface area contributed by atoms with Crippen LogP contribution in [0.1, 0.15) is 31.4 Å². The van der Waals surface area contributed by atoms with Crippen molar-refractivity contribution in [3.05, 3.63) is 35.7 Å². The number of aromatic nitrogens is 2. The standard InChI is InChI=1S/C20H22F3N5O2/c1-11(2)17(29)18(30)28-19(7-13(9-25-10-19)20(21,22)23)14-4-3-12(8-24)15-16(14)27-6-5-26-15/h3-6,11,13,17,25,29H,7,9-10H2,1-2H3,(H,28,30)/t13-,17-,19-/m0/s1. The number of aliphatic hydroxyl groups is 1. The molecule has 1 amide bonds. The van der Waals surface area contributed by atoms with Gasteiger partial charge in [0.1, 0.15) is 17.7 Å². The number of aliphatic hydroxyl groups excluding tert-OH is 1. The molecular weight excluding hydrogens is 399 g/mol. The van der Waals surface area contributed by atoms with Crippen LogP contribution in [0.3, 0.4) is 0 Å².